The molecule has 0 aromatic heterocycles. The number of carbonyl (C=O) groups is 2. The third-order valence-corrected chi connectivity index (χ3v) is 4.45. The van der Waals surface area contributed by atoms with Crippen LogP contribution in [-0.2, 0) is 6.42 Å². The Hall–Kier alpha value is -3.42. The number of carboxylic acids is 1. The number of nitro benzene ring substituents is 1. The summed E-state index contributed by atoms with van der Waals surface area (Å²) in [6.07, 6.45) is 0.574. The summed E-state index contributed by atoms with van der Waals surface area (Å²) in [5, 5.41) is 20.3. The molecule has 0 radical (unpaired) electrons. The number of ether oxygens (including phenoxy) is 1. The van der Waals surface area contributed by atoms with Crippen LogP contribution >= 0.6 is 0 Å². The second-order valence-electron chi connectivity index (χ2n) is 6.32. The van der Waals surface area contributed by atoms with E-state index in [-0.39, 0.29) is 17.2 Å². The smallest absolute Gasteiger partial charge is 0.335 e. The Kier molecular flexibility index (Phi) is 6.70. The fourth-order valence-corrected chi connectivity index (χ4v) is 3.00. The van der Waals surface area contributed by atoms with E-state index in [1.54, 1.807) is 18.9 Å². The molecule has 1 N–H and O–H groups in total. The van der Waals surface area contributed by atoms with E-state index < -0.39 is 22.5 Å². The van der Waals surface area contributed by atoms with Crippen molar-refractivity contribution in [2.75, 3.05) is 13.7 Å². The summed E-state index contributed by atoms with van der Waals surface area (Å²) in [5.74, 6) is -1.04. The van der Waals surface area contributed by atoms with Gasteiger partial charge in [0, 0.05) is 30.3 Å². The maximum absolute atomic E-state index is 12.9. The zero-order valence-corrected chi connectivity index (χ0v) is 15.9. The molecule has 2 rings (SSSR count). The predicted octanol–water partition coefficient (Wildman–Crippen LogP) is 3.39. The van der Waals surface area contributed by atoms with E-state index in [1.807, 2.05) is 31.2 Å². The fraction of sp³-hybridized carbons (Fsp3) is 0.300. The van der Waals surface area contributed by atoms with Crippen molar-refractivity contribution < 1.29 is 24.4 Å². The van der Waals surface area contributed by atoms with Gasteiger partial charge in [-0.05, 0) is 44.0 Å². The molecule has 2 aromatic carbocycles. The molecule has 0 aliphatic carbocycles. The minimum absolute atomic E-state index is 0.0185. The van der Waals surface area contributed by atoms with Crippen LogP contribution in [0.25, 0.3) is 0 Å². The lowest BCUT2D eigenvalue weighted by atomic mass is 10.0. The maximum atomic E-state index is 12.9. The lowest BCUT2D eigenvalue weighted by Gasteiger charge is -2.28. The Bertz CT molecular complexity index is 847. The van der Waals surface area contributed by atoms with E-state index >= 15 is 0 Å². The number of nitro groups is 1. The standard InChI is InChI=1S/C20H22N2O6/c1-4-21(13(2)9-14-5-7-18(28-3)8-6-14)19(23)15-10-16(20(24)25)12-17(11-15)22(26)27/h5-8,10-13H,4,9H2,1-3H3,(H,24,25). The number of carboxylic acid groups (broad SMARTS) is 1. The Balaban J connectivity index is 2.28. The SMILES string of the molecule is CCN(C(=O)c1cc(C(=O)O)cc([N+](=O)[O-])c1)C(C)Cc1ccc(OC)cc1. The molecule has 1 atom stereocenters. The van der Waals surface area contributed by atoms with Gasteiger partial charge in [-0.15, -0.1) is 0 Å². The van der Waals surface area contributed by atoms with E-state index in [0.717, 1.165) is 23.4 Å². The van der Waals surface area contributed by atoms with E-state index in [4.69, 9.17) is 4.74 Å². The van der Waals surface area contributed by atoms with Gasteiger partial charge in [0.15, 0.2) is 0 Å². The van der Waals surface area contributed by atoms with Crippen LogP contribution in [0.15, 0.2) is 42.5 Å². The molecule has 0 aliphatic rings. The highest BCUT2D eigenvalue weighted by Crippen LogP contribution is 2.21. The first kappa shape index (κ1) is 20.9. The summed E-state index contributed by atoms with van der Waals surface area (Å²) in [6, 6.07) is 10.5. The van der Waals surface area contributed by atoms with Gasteiger partial charge >= 0.3 is 5.97 Å². The summed E-state index contributed by atoms with van der Waals surface area (Å²) >= 11 is 0. The highest BCUT2D eigenvalue weighted by atomic mass is 16.6. The van der Waals surface area contributed by atoms with E-state index in [1.165, 1.54) is 6.07 Å². The zero-order chi connectivity index (χ0) is 20.8. The van der Waals surface area contributed by atoms with Gasteiger partial charge in [-0.1, -0.05) is 12.1 Å². The molecule has 0 fully saturated rings. The lowest BCUT2D eigenvalue weighted by molar-refractivity contribution is -0.384. The summed E-state index contributed by atoms with van der Waals surface area (Å²) in [7, 11) is 1.58. The lowest BCUT2D eigenvalue weighted by Crippen LogP contribution is -2.39. The third kappa shape index (κ3) is 4.85. The Morgan fingerprint density at radius 2 is 1.79 bits per heavy atom. The first-order valence-corrected chi connectivity index (χ1v) is 8.73. The number of likely N-dealkylation sites (N-methyl/N-ethyl adjacent to an activating group) is 1. The Labute approximate surface area is 162 Å². The fourth-order valence-electron chi connectivity index (χ4n) is 3.00. The van der Waals surface area contributed by atoms with Crippen molar-refractivity contribution in [1.29, 1.82) is 0 Å². The van der Waals surface area contributed by atoms with E-state index in [2.05, 4.69) is 0 Å². The maximum Gasteiger partial charge on any atom is 0.335 e. The average molecular weight is 386 g/mol. The molecule has 8 nitrogen and oxygen atoms in total. The molecule has 148 valence electrons. The quantitative estimate of drug-likeness (QED) is 0.550. The molecule has 2 aromatic rings. The number of methoxy groups -OCH3 is 1. The molecule has 8 heteroatoms. The van der Waals surface area contributed by atoms with Crippen LogP contribution < -0.4 is 4.74 Å². The van der Waals surface area contributed by atoms with Gasteiger partial charge in [-0.3, -0.25) is 14.9 Å². The van der Waals surface area contributed by atoms with E-state index in [9.17, 15) is 24.8 Å². The number of hydrogen-bond donors (Lipinski definition) is 1. The summed E-state index contributed by atoms with van der Waals surface area (Å²) in [5.41, 5.74) is 0.262. The van der Waals surface area contributed by atoms with Crippen LogP contribution in [0.5, 0.6) is 5.75 Å². The van der Waals surface area contributed by atoms with Crippen molar-refractivity contribution in [1.82, 2.24) is 4.90 Å². The molecular formula is C20H22N2O6. The van der Waals surface area contributed by atoms with Crippen LogP contribution in [0, 0.1) is 10.1 Å². The normalized spacial score (nSPS) is 11.5. The van der Waals surface area contributed by atoms with Gasteiger partial charge in [0.05, 0.1) is 17.6 Å². The van der Waals surface area contributed by atoms with Crippen LogP contribution in [0.3, 0.4) is 0 Å². The molecule has 0 saturated carbocycles. The van der Waals surface area contributed by atoms with Crippen molar-refractivity contribution in [3.8, 4) is 5.75 Å². The van der Waals surface area contributed by atoms with Crippen molar-refractivity contribution >= 4 is 17.6 Å². The van der Waals surface area contributed by atoms with Gasteiger partial charge in [0.2, 0.25) is 0 Å². The molecule has 1 amide bonds. The van der Waals surface area contributed by atoms with Crippen LogP contribution in [0.2, 0.25) is 0 Å². The molecule has 0 bridgehead atoms. The molecule has 0 saturated heterocycles. The first-order chi connectivity index (χ1) is 13.3. The zero-order valence-electron chi connectivity index (χ0n) is 15.9. The number of carbonyl (C=O) groups excluding carboxylic acids is 1. The number of benzene rings is 2. The molecule has 0 heterocycles. The van der Waals surface area contributed by atoms with Crippen molar-refractivity contribution in [2.24, 2.45) is 0 Å². The molecule has 0 aliphatic heterocycles. The van der Waals surface area contributed by atoms with Gasteiger partial charge in [0.25, 0.3) is 11.6 Å². The predicted molar refractivity (Wildman–Crippen MR) is 103 cm³/mol. The second kappa shape index (κ2) is 8.98. The van der Waals surface area contributed by atoms with Crippen molar-refractivity contribution in [3.63, 3.8) is 0 Å². The molecular weight excluding hydrogens is 364 g/mol. The van der Waals surface area contributed by atoms with E-state index in [0.29, 0.717) is 13.0 Å². The minimum Gasteiger partial charge on any atom is -0.497 e. The topological polar surface area (TPSA) is 110 Å². The third-order valence-electron chi connectivity index (χ3n) is 4.45. The van der Waals surface area contributed by atoms with Crippen molar-refractivity contribution in [3.05, 3.63) is 69.3 Å². The number of rotatable bonds is 8. The Morgan fingerprint density at radius 3 is 2.29 bits per heavy atom. The van der Waals surface area contributed by atoms with Gasteiger partial charge in [-0.2, -0.15) is 0 Å². The molecule has 28 heavy (non-hydrogen) atoms. The minimum atomic E-state index is -1.33. The number of nitrogens with zero attached hydrogens (tertiary/aromatic N) is 2. The summed E-state index contributed by atoms with van der Waals surface area (Å²) in [6.45, 7) is 4.06. The average Bonchev–Trinajstić information content (AvgIpc) is 2.68. The first-order valence-electron chi connectivity index (χ1n) is 8.73. The largest absolute Gasteiger partial charge is 0.497 e. The van der Waals surface area contributed by atoms with Crippen LogP contribution in [0.1, 0.15) is 40.1 Å². The van der Waals surface area contributed by atoms with Crippen molar-refractivity contribution in [2.45, 2.75) is 26.3 Å². The highest BCUT2D eigenvalue weighted by molar-refractivity contribution is 5.98. The number of amides is 1. The van der Waals surface area contributed by atoms with Crippen LogP contribution in [0.4, 0.5) is 5.69 Å². The summed E-state index contributed by atoms with van der Waals surface area (Å²) in [4.78, 5) is 36.2. The van der Waals surface area contributed by atoms with Crippen LogP contribution in [-0.4, -0.2) is 46.5 Å². The monoisotopic (exact) mass is 386 g/mol. The molecule has 1 unspecified atom stereocenters. The van der Waals surface area contributed by atoms with Gasteiger partial charge < -0.3 is 14.7 Å². The highest BCUT2D eigenvalue weighted by Gasteiger charge is 2.24. The van der Waals surface area contributed by atoms with Gasteiger partial charge in [0.1, 0.15) is 5.75 Å². The summed E-state index contributed by atoms with van der Waals surface area (Å²) < 4.78 is 5.13. The Morgan fingerprint density at radius 1 is 1.18 bits per heavy atom. The number of aromatic carboxylic acids is 1. The van der Waals surface area contributed by atoms with Gasteiger partial charge in [-0.25, -0.2) is 4.79 Å². The molecule has 0 spiro atoms. The number of hydrogen-bond acceptors (Lipinski definition) is 5. The second-order valence-corrected chi connectivity index (χ2v) is 6.32. The number of non-ortho nitro benzene ring substituents is 1.